The molecule has 0 radical (unpaired) electrons. The zero-order chi connectivity index (χ0) is 15.2. The first-order valence-corrected chi connectivity index (χ1v) is 8.71. The molecule has 0 amide bonds. The van der Waals surface area contributed by atoms with E-state index < -0.39 is 10.0 Å². The maximum atomic E-state index is 11.7. The highest BCUT2D eigenvalue weighted by Gasteiger charge is 2.30. The minimum atomic E-state index is -3.14. The second-order valence-corrected chi connectivity index (χ2v) is 7.44. The summed E-state index contributed by atoms with van der Waals surface area (Å²) < 4.78 is 26.8. The Labute approximate surface area is 124 Å². The van der Waals surface area contributed by atoms with Gasteiger partial charge in [-0.3, -0.25) is 4.68 Å². The van der Waals surface area contributed by atoms with Gasteiger partial charge in [0.15, 0.2) is 5.65 Å². The Bertz CT molecular complexity index is 770. The first-order chi connectivity index (χ1) is 9.88. The third-order valence-corrected chi connectivity index (χ3v) is 5.34. The lowest BCUT2D eigenvalue weighted by atomic mass is 10.2. The predicted molar refractivity (Wildman–Crippen MR) is 81.7 cm³/mol. The molecule has 1 aliphatic rings. The fraction of sp³-hybridized carbons (Fsp3) is 0.538. The van der Waals surface area contributed by atoms with Gasteiger partial charge in [0.25, 0.3) is 0 Å². The van der Waals surface area contributed by atoms with E-state index in [1.165, 1.54) is 6.26 Å². The number of aryl methyl sites for hydroxylation is 1. The maximum Gasteiger partial charge on any atom is 0.211 e. The van der Waals surface area contributed by atoms with Gasteiger partial charge in [0, 0.05) is 38.9 Å². The lowest BCUT2D eigenvalue weighted by molar-refractivity contribution is 0.309. The second kappa shape index (κ2) is 4.96. The number of piperazine rings is 1. The molecule has 3 heterocycles. The molecule has 0 spiro atoms. The van der Waals surface area contributed by atoms with Gasteiger partial charge in [0.05, 0.1) is 23.5 Å². The van der Waals surface area contributed by atoms with Crippen LogP contribution in [0.3, 0.4) is 0 Å². The molecule has 1 saturated heterocycles. The van der Waals surface area contributed by atoms with Crippen LogP contribution in [0.25, 0.3) is 11.0 Å². The number of pyridine rings is 1. The van der Waals surface area contributed by atoms with E-state index in [1.54, 1.807) is 15.2 Å². The smallest absolute Gasteiger partial charge is 0.211 e. The number of aromatic nitrogens is 3. The van der Waals surface area contributed by atoms with Crippen LogP contribution >= 0.6 is 0 Å². The number of rotatable bonds is 2. The van der Waals surface area contributed by atoms with Gasteiger partial charge in [-0.15, -0.1) is 0 Å². The lowest BCUT2D eigenvalue weighted by Gasteiger charge is -2.39. The summed E-state index contributed by atoms with van der Waals surface area (Å²) in [6.45, 7) is 3.78. The van der Waals surface area contributed by atoms with E-state index in [0.717, 1.165) is 16.7 Å². The van der Waals surface area contributed by atoms with Crippen LogP contribution in [0.2, 0.25) is 0 Å². The third-order valence-electron chi connectivity index (χ3n) is 3.95. The van der Waals surface area contributed by atoms with E-state index in [1.807, 2.05) is 26.2 Å². The summed E-state index contributed by atoms with van der Waals surface area (Å²) in [4.78, 5) is 6.54. The van der Waals surface area contributed by atoms with Crippen molar-refractivity contribution < 1.29 is 8.42 Å². The van der Waals surface area contributed by atoms with E-state index in [4.69, 9.17) is 0 Å². The Morgan fingerprint density at radius 1 is 1.33 bits per heavy atom. The minimum absolute atomic E-state index is 0.0476. The van der Waals surface area contributed by atoms with Crippen molar-refractivity contribution in [2.45, 2.75) is 13.0 Å². The van der Waals surface area contributed by atoms with Crippen LogP contribution in [-0.4, -0.2) is 59.4 Å². The summed E-state index contributed by atoms with van der Waals surface area (Å²) in [5.74, 6) is 0. The summed E-state index contributed by atoms with van der Waals surface area (Å²) in [5, 5.41) is 5.25. The standard InChI is InChI=1S/C13H19N5O2S/c1-10-9-17(6-7-18(10)21(3,19)20)12-4-5-14-13-11(12)8-15-16(13)2/h4-5,8,10H,6-7,9H2,1-3H3/t10-/m0/s1. The SMILES string of the molecule is C[C@H]1CN(c2ccnc3c2cnn3C)CCN1S(C)(=O)=O. The molecule has 7 nitrogen and oxygen atoms in total. The first-order valence-electron chi connectivity index (χ1n) is 6.86. The first kappa shape index (κ1) is 14.3. The summed E-state index contributed by atoms with van der Waals surface area (Å²) in [6, 6.07) is 1.92. The number of hydrogen-bond acceptors (Lipinski definition) is 5. The van der Waals surface area contributed by atoms with Gasteiger partial charge in [-0.05, 0) is 13.0 Å². The van der Waals surface area contributed by atoms with Crippen LogP contribution in [0.15, 0.2) is 18.5 Å². The largest absolute Gasteiger partial charge is 0.368 e. The number of anilines is 1. The van der Waals surface area contributed by atoms with Crippen LogP contribution in [0.1, 0.15) is 6.92 Å². The average Bonchev–Trinajstić information content (AvgIpc) is 2.79. The van der Waals surface area contributed by atoms with E-state index >= 15 is 0 Å². The van der Waals surface area contributed by atoms with Gasteiger partial charge >= 0.3 is 0 Å². The molecule has 0 N–H and O–H groups in total. The van der Waals surface area contributed by atoms with Gasteiger partial charge in [0.2, 0.25) is 10.0 Å². The van der Waals surface area contributed by atoms with Crippen molar-refractivity contribution in [2.75, 3.05) is 30.8 Å². The highest BCUT2D eigenvalue weighted by Crippen LogP contribution is 2.27. The molecular formula is C13H19N5O2S. The van der Waals surface area contributed by atoms with Gasteiger partial charge in [-0.25, -0.2) is 13.4 Å². The molecule has 0 aliphatic carbocycles. The zero-order valence-electron chi connectivity index (χ0n) is 12.4. The molecule has 0 saturated carbocycles. The highest BCUT2D eigenvalue weighted by atomic mass is 32.2. The molecule has 1 aliphatic heterocycles. The average molecular weight is 309 g/mol. The van der Waals surface area contributed by atoms with Gasteiger partial charge < -0.3 is 4.90 Å². The van der Waals surface area contributed by atoms with Crippen molar-refractivity contribution in [3.05, 3.63) is 18.5 Å². The van der Waals surface area contributed by atoms with E-state index in [9.17, 15) is 8.42 Å². The van der Waals surface area contributed by atoms with Crippen LogP contribution in [0, 0.1) is 0 Å². The highest BCUT2D eigenvalue weighted by molar-refractivity contribution is 7.88. The van der Waals surface area contributed by atoms with Crippen molar-refractivity contribution in [1.29, 1.82) is 0 Å². The van der Waals surface area contributed by atoms with Crippen molar-refractivity contribution in [3.63, 3.8) is 0 Å². The number of hydrogen-bond donors (Lipinski definition) is 0. The third kappa shape index (κ3) is 2.49. The Hall–Kier alpha value is -1.67. The summed E-state index contributed by atoms with van der Waals surface area (Å²) >= 11 is 0. The summed E-state index contributed by atoms with van der Waals surface area (Å²) in [6.07, 6.45) is 4.85. The molecular weight excluding hydrogens is 290 g/mol. The molecule has 21 heavy (non-hydrogen) atoms. The van der Waals surface area contributed by atoms with Crippen LogP contribution < -0.4 is 4.90 Å². The summed E-state index contributed by atoms with van der Waals surface area (Å²) in [5.41, 5.74) is 1.90. The molecule has 0 unspecified atom stereocenters. The van der Waals surface area contributed by atoms with Crippen molar-refractivity contribution in [1.82, 2.24) is 19.1 Å². The Balaban J connectivity index is 1.92. The predicted octanol–water partition coefficient (Wildman–Crippen LogP) is 0.438. The normalized spacial score (nSPS) is 21.1. The number of nitrogens with zero attached hydrogens (tertiary/aromatic N) is 5. The van der Waals surface area contributed by atoms with Gasteiger partial charge in [0.1, 0.15) is 0 Å². The van der Waals surface area contributed by atoms with Crippen LogP contribution in [-0.2, 0) is 17.1 Å². The fourth-order valence-corrected chi connectivity index (χ4v) is 4.10. The Morgan fingerprint density at radius 2 is 2.10 bits per heavy atom. The maximum absolute atomic E-state index is 11.7. The van der Waals surface area contributed by atoms with Crippen molar-refractivity contribution in [3.8, 4) is 0 Å². The van der Waals surface area contributed by atoms with Crippen molar-refractivity contribution >= 4 is 26.7 Å². The molecule has 0 aromatic carbocycles. The quantitative estimate of drug-likeness (QED) is 0.805. The molecule has 2 aromatic rings. The molecule has 8 heteroatoms. The van der Waals surface area contributed by atoms with Crippen molar-refractivity contribution in [2.24, 2.45) is 7.05 Å². The lowest BCUT2D eigenvalue weighted by Crippen LogP contribution is -2.53. The second-order valence-electron chi connectivity index (χ2n) is 5.50. The molecule has 1 atom stereocenters. The molecule has 114 valence electrons. The summed E-state index contributed by atoms with van der Waals surface area (Å²) in [7, 11) is -1.28. The van der Waals surface area contributed by atoms with Crippen LogP contribution in [0.4, 0.5) is 5.69 Å². The van der Waals surface area contributed by atoms with E-state index in [-0.39, 0.29) is 6.04 Å². The minimum Gasteiger partial charge on any atom is -0.368 e. The Morgan fingerprint density at radius 3 is 2.76 bits per heavy atom. The molecule has 1 fully saturated rings. The fourth-order valence-electron chi connectivity index (χ4n) is 2.96. The Kier molecular flexibility index (Phi) is 3.37. The topological polar surface area (TPSA) is 71.3 Å². The van der Waals surface area contributed by atoms with Crippen LogP contribution in [0.5, 0.6) is 0 Å². The number of sulfonamides is 1. The van der Waals surface area contributed by atoms with E-state index in [2.05, 4.69) is 15.0 Å². The van der Waals surface area contributed by atoms with E-state index in [0.29, 0.717) is 19.6 Å². The van der Waals surface area contributed by atoms with Gasteiger partial charge in [-0.1, -0.05) is 0 Å². The molecule has 3 rings (SSSR count). The molecule has 0 bridgehead atoms. The van der Waals surface area contributed by atoms with Gasteiger partial charge in [-0.2, -0.15) is 9.40 Å². The number of fused-ring (bicyclic) bond motifs is 1. The zero-order valence-corrected chi connectivity index (χ0v) is 13.2. The monoisotopic (exact) mass is 309 g/mol. The molecule has 2 aromatic heterocycles.